The molecule has 0 aromatic heterocycles. The summed E-state index contributed by atoms with van der Waals surface area (Å²) in [5, 5.41) is 11.7. The summed E-state index contributed by atoms with van der Waals surface area (Å²) in [6.45, 7) is 2.09. The van der Waals surface area contributed by atoms with Gasteiger partial charge in [0.25, 0.3) is 5.91 Å². The quantitative estimate of drug-likeness (QED) is 0.811. The Hall–Kier alpha value is -2.10. The van der Waals surface area contributed by atoms with E-state index in [0.717, 1.165) is 31.8 Å². The van der Waals surface area contributed by atoms with Crippen molar-refractivity contribution >= 4 is 18.0 Å². The third-order valence-electron chi connectivity index (χ3n) is 3.93. The predicted octanol–water partition coefficient (Wildman–Crippen LogP) is 2.85. The first-order valence-corrected chi connectivity index (χ1v) is 6.88. The van der Waals surface area contributed by atoms with E-state index in [1.807, 2.05) is 0 Å². The van der Waals surface area contributed by atoms with Crippen LogP contribution in [-0.4, -0.2) is 22.5 Å². The zero-order valence-corrected chi connectivity index (χ0v) is 11.6. The van der Waals surface area contributed by atoms with Gasteiger partial charge >= 0.3 is 5.97 Å². The molecule has 1 saturated carbocycles. The molecule has 2 N–H and O–H groups in total. The number of amides is 1. The molecule has 0 radical (unpaired) electrons. The van der Waals surface area contributed by atoms with Crippen LogP contribution >= 0.6 is 0 Å². The minimum atomic E-state index is -1.00. The molecule has 1 fully saturated rings. The highest BCUT2D eigenvalue weighted by Gasteiger charge is 2.36. The summed E-state index contributed by atoms with van der Waals surface area (Å²) < 4.78 is 0. The lowest BCUT2D eigenvalue weighted by Crippen LogP contribution is -2.52. The van der Waals surface area contributed by atoms with Crippen molar-refractivity contribution in [1.82, 2.24) is 5.32 Å². The van der Waals surface area contributed by atoms with E-state index in [0.29, 0.717) is 11.1 Å². The van der Waals surface area contributed by atoms with Crippen LogP contribution in [0.1, 0.15) is 48.5 Å². The average molecular weight is 273 g/mol. The Kier molecular flexibility index (Phi) is 4.23. The van der Waals surface area contributed by atoms with Gasteiger partial charge < -0.3 is 10.4 Å². The molecule has 106 valence electrons. The van der Waals surface area contributed by atoms with E-state index in [9.17, 15) is 9.59 Å². The third kappa shape index (κ3) is 3.26. The molecule has 1 aliphatic carbocycles. The van der Waals surface area contributed by atoms with Crippen LogP contribution in [0.3, 0.4) is 0 Å². The van der Waals surface area contributed by atoms with Gasteiger partial charge in [-0.25, -0.2) is 4.79 Å². The summed E-state index contributed by atoms with van der Waals surface area (Å²) in [5.74, 6) is -1.09. The normalized spacial score (nSPS) is 16.6. The maximum Gasteiger partial charge on any atom is 0.328 e. The largest absolute Gasteiger partial charge is 0.478 e. The Morgan fingerprint density at radius 2 is 2.15 bits per heavy atom. The molecule has 0 heterocycles. The van der Waals surface area contributed by atoms with Crippen molar-refractivity contribution < 1.29 is 14.7 Å². The maximum atomic E-state index is 12.3. The second kappa shape index (κ2) is 5.90. The number of carbonyl (C=O) groups excluding carboxylic acids is 1. The lowest BCUT2D eigenvalue weighted by molar-refractivity contribution is -0.131. The monoisotopic (exact) mass is 273 g/mol. The Morgan fingerprint density at radius 3 is 2.70 bits per heavy atom. The van der Waals surface area contributed by atoms with Crippen LogP contribution < -0.4 is 5.32 Å². The molecule has 0 unspecified atom stereocenters. The lowest BCUT2D eigenvalue weighted by atomic mass is 9.74. The van der Waals surface area contributed by atoms with Gasteiger partial charge in [-0.3, -0.25) is 4.79 Å². The number of carbonyl (C=O) groups is 2. The van der Waals surface area contributed by atoms with Crippen LogP contribution in [0.2, 0.25) is 0 Å². The first-order valence-electron chi connectivity index (χ1n) is 6.88. The Morgan fingerprint density at radius 1 is 1.40 bits per heavy atom. The van der Waals surface area contributed by atoms with E-state index in [4.69, 9.17) is 5.11 Å². The number of aliphatic carboxylic acids is 1. The highest BCUT2D eigenvalue weighted by molar-refractivity contribution is 5.95. The molecule has 1 aromatic rings. The molecule has 0 saturated heterocycles. The van der Waals surface area contributed by atoms with Crippen molar-refractivity contribution in [3.8, 4) is 0 Å². The summed E-state index contributed by atoms with van der Waals surface area (Å²) in [4.78, 5) is 22.7. The lowest BCUT2D eigenvalue weighted by Gasteiger charge is -2.42. The Balaban J connectivity index is 2.10. The van der Waals surface area contributed by atoms with Crippen LogP contribution in [0, 0.1) is 0 Å². The predicted molar refractivity (Wildman–Crippen MR) is 77.5 cm³/mol. The first kappa shape index (κ1) is 14.3. The van der Waals surface area contributed by atoms with Gasteiger partial charge in [-0.05, 0) is 49.5 Å². The number of hydrogen-bond acceptors (Lipinski definition) is 2. The van der Waals surface area contributed by atoms with Gasteiger partial charge in [0.05, 0.1) is 0 Å². The fraction of sp³-hybridized carbons (Fsp3) is 0.375. The highest BCUT2D eigenvalue weighted by atomic mass is 16.4. The molecule has 4 nitrogen and oxygen atoms in total. The summed E-state index contributed by atoms with van der Waals surface area (Å²) in [6.07, 6.45) is 6.73. The molecular weight excluding hydrogens is 254 g/mol. The van der Waals surface area contributed by atoms with E-state index in [2.05, 4.69) is 12.2 Å². The Labute approximate surface area is 118 Å². The van der Waals surface area contributed by atoms with E-state index < -0.39 is 5.97 Å². The van der Waals surface area contributed by atoms with E-state index in [1.165, 1.54) is 6.08 Å². The molecule has 0 bridgehead atoms. The van der Waals surface area contributed by atoms with Crippen LogP contribution in [-0.2, 0) is 4.79 Å². The van der Waals surface area contributed by atoms with Crippen molar-refractivity contribution in [3.63, 3.8) is 0 Å². The van der Waals surface area contributed by atoms with Crippen molar-refractivity contribution in [2.45, 2.75) is 38.1 Å². The standard InChI is InChI=1S/C16H19NO3/c1-2-16(9-4-10-16)17-15(20)13-6-3-5-12(11-13)7-8-14(18)19/h3,5-8,11H,2,4,9-10H2,1H3,(H,17,20)(H,18,19)/b8-7+. The molecule has 20 heavy (non-hydrogen) atoms. The molecule has 1 amide bonds. The molecule has 1 aliphatic rings. The second-order valence-electron chi connectivity index (χ2n) is 5.24. The number of nitrogens with one attached hydrogen (secondary N) is 1. The summed E-state index contributed by atoms with van der Waals surface area (Å²) >= 11 is 0. The number of benzene rings is 1. The van der Waals surface area contributed by atoms with Gasteiger partial charge in [-0.15, -0.1) is 0 Å². The van der Waals surface area contributed by atoms with E-state index >= 15 is 0 Å². The highest BCUT2D eigenvalue weighted by Crippen LogP contribution is 2.34. The summed E-state index contributed by atoms with van der Waals surface area (Å²) in [7, 11) is 0. The van der Waals surface area contributed by atoms with Gasteiger partial charge in [0.15, 0.2) is 0 Å². The smallest absolute Gasteiger partial charge is 0.328 e. The molecule has 0 aliphatic heterocycles. The van der Waals surface area contributed by atoms with Crippen LogP contribution in [0.25, 0.3) is 6.08 Å². The van der Waals surface area contributed by atoms with Gasteiger partial charge in [0, 0.05) is 17.2 Å². The van der Waals surface area contributed by atoms with Crippen molar-refractivity contribution in [2.75, 3.05) is 0 Å². The number of hydrogen-bond donors (Lipinski definition) is 2. The van der Waals surface area contributed by atoms with Crippen molar-refractivity contribution in [3.05, 3.63) is 41.5 Å². The number of rotatable bonds is 5. The van der Waals surface area contributed by atoms with Gasteiger partial charge in [0.2, 0.25) is 0 Å². The molecule has 1 aromatic carbocycles. The first-order chi connectivity index (χ1) is 9.54. The van der Waals surface area contributed by atoms with Crippen molar-refractivity contribution in [1.29, 1.82) is 0 Å². The Bertz CT molecular complexity index is 539. The maximum absolute atomic E-state index is 12.3. The van der Waals surface area contributed by atoms with E-state index in [1.54, 1.807) is 24.3 Å². The second-order valence-corrected chi connectivity index (χ2v) is 5.24. The molecular formula is C16H19NO3. The minimum absolute atomic E-state index is 0.0377. The van der Waals surface area contributed by atoms with Crippen molar-refractivity contribution in [2.24, 2.45) is 0 Å². The molecule has 0 atom stereocenters. The third-order valence-corrected chi connectivity index (χ3v) is 3.93. The fourth-order valence-corrected chi connectivity index (χ4v) is 2.43. The van der Waals surface area contributed by atoms with Crippen LogP contribution in [0.5, 0.6) is 0 Å². The SMILES string of the molecule is CCC1(NC(=O)c2cccc(/C=C/C(=O)O)c2)CCC1. The number of carboxylic acid groups (broad SMARTS) is 1. The van der Waals surface area contributed by atoms with Gasteiger partial charge in [-0.1, -0.05) is 19.1 Å². The molecule has 4 heteroatoms. The minimum Gasteiger partial charge on any atom is -0.478 e. The van der Waals surface area contributed by atoms with Crippen LogP contribution in [0.15, 0.2) is 30.3 Å². The van der Waals surface area contributed by atoms with E-state index in [-0.39, 0.29) is 11.4 Å². The average Bonchev–Trinajstić information content (AvgIpc) is 2.40. The van der Waals surface area contributed by atoms with Gasteiger partial charge in [-0.2, -0.15) is 0 Å². The number of carboxylic acids is 1. The molecule has 2 rings (SSSR count). The van der Waals surface area contributed by atoms with Gasteiger partial charge in [0.1, 0.15) is 0 Å². The zero-order chi connectivity index (χ0) is 14.6. The summed E-state index contributed by atoms with van der Waals surface area (Å²) in [5.41, 5.74) is 1.24. The fourth-order valence-electron chi connectivity index (χ4n) is 2.43. The zero-order valence-electron chi connectivity index (χ0n) is 11.6. The topological polar surface area (TPSA) is 66.4 Å². The van der Waals surface area contributed by atoms with Crippen LogP contribution in [0.4, 0.5) is 0 Å². The summed E-state index contributed by atoms with van der Waals surface area (Å²) in [6, 6.07) is 6.98. The molecule has 0 spiro atoms.